The minimum absolute atomic E-state index is 0.0386. The summed E-state index contributed by atoms with van der Waals surface area (Å²) < 4.78 is 13.2. The molecule has 1 N–H and O–H groups in total. The first-order valence-corrected chi connectivity index (χ1v) is 7.12. The fraction of sp³-hybridized carbons (Fsp3) is 0.533. The topological polar surface area (TPSA) is 47.0 Å². The van der Waals surface area contributed by atoms with Gasteiger partial charge >= 0.3 is 0 Å². The van der Waals surface area contributed by atoms with E-state index < -0.39 is 5.82 Å². The number of carbonyl (C=O) groups excluding carboxylic acids is 1. The third-order valence-corrected chi connectivity index (χ3v) is 3.71. The number of rotatable bonds is 4. The molecule has 1 heterocycles. The lowest BCUT2D eigenvalue weighted by atomic mass is 10.1. The Morgan fingerprint density at radius 3 is 2.57 bits per heavy atom. The molecule has 21 heavy (non-hydrogen) atoms. The average Bonchev–Trinajstić information content (AvgIpc) is 2.47. The zero-order chi connectivity index (χ0) is 15.4. The molecular formula is C15H22FN3O2. The van der Waals surface area contributed by atoms with Crippen LogP contribution in [0.5, 0.6) is 5.75 Å². The van der Waals surface area contributed by atoms with Crippen LogP contribution in [0.25, 0.3) is 0 Å². The Kier molecular flexibility index (Phi) is 5.14. The Morgan fingerprint density at radius 2 is 1.95 bits per heavy atom. The molecule has 0 bridgehead atoms. The van der Waals surface area contributed by atoms with E-state index in [-0.39, 0.29) is 17.2 Å². The van der Waals surface area contributed by atoms with Gasteiger partial charge in [0.05, 0.1) is 5.56 Å². The quantitative estimate of drug-likeness (QED) is 0.894. The second kappa shape index (κ2) is 6.87. The van der Waals surface area contributed by atoms with Crippen LogP contribution in [0.15, 0.2) is 18.2 Å². The van der Waals surface area contributed by atoms with E-state index in [0.717, 1.165) is 38.3 Å². The fourth-order valence-electron chi connectivity index (χ4n) is 2.37. The van der Waals surface area contributed by atoms with Gasteiger partial charge in [0.25, 0.3) is 5.91 Å². The van der Waals surface area contributed by atoms with Gasteiger partial charge in [-0.2, -0.15) is 0 Å². The number of halogens is 1. The molecule has 1 aromatic carbocycles. The highest BCUT2D eigenvalue weighted by Crippen LogP contribution is 2.20. The molecular weight excluding hydrogens is 273 g/mol. The lowest BCUT2D eigenvalue weighted by Gasteiger charge is -2.35. The van der Waals surface area contributed by atoms with Crippen LogP contribution < -0.4 is 0 Å². The maximum Gasteiger partial charge on any atom is 0.257 e. The van der Waals surface area contributed by atoms with Crippen LogP contribution in [0, 0.1) is 5.82 Å². The number of likely N-dealkylation sites (N-methyl/N-ethyl adjacent to an activating group) is 1. The number of hydrogen-bond donors (Lipinski definition) is 1. The third kappa shape index (κ3) is 4.15. The monoisotopic (exact) mass is 295 g/mol. The molecule has 1 aromatic rings. The van der Waals surface area contributed by atoms with Crippen LogP contribution in [0.2, 0.25) is 0 Å². The Morgan fingerprint density at radius 1 is 1.29 bits per heavy atom. The maximum atomic E-state index is 13.2. The van der Waals surface area contributed by atoms with Gasteiger partial charge in [0.2, 0.25) is 0 Å². The largest absolute Gasteiger partial charge is 0.507 e. The summed E-state index contributed by atoms with van der Waals surface area (Å²) in [5, 5.41) is 9.70. The number of hydrogen-bond acceptors (Lipinski definition) is 4. The van der Waals surface area contributed by atoms with Crippen molar-refractivity contribution in [1.82, 2.24) is 14.7 Å². The summed E-state index contributed by atoms with van der Waals surface area (Å²) in [4.78, 5) is 18.4. The Hall–Kier alpha value is -1.66. The molecule has 5 nitrogen and oxygen atoms in total. The molecule has 0 aromatic heterocycles. The van der Waals surface area contributed by atoms with Crippen molar-refractivity contribution in [2.45, 2.75) is 0 Å². The van der Waals surface area contributed by atoms with Crippen molar-refractivity contribution in [3.8, 4) is 5.75 Å². The van der Waals surface area contributed by atoms with Gasteiger partial charge in [-0.15, -0.1) is 0 Å². The van der Waals surface area contributed by atoms with Crippen LogP contribution in [0.4, 0.5) is 4.39 Å². The number of piperazine rings is 1. The van der Waals surface area contributed by atoms with Gasteiger partial charge in [-0.3, -0.25) is 9.69 Å². The molecule has 1 aliphatic heterocycles. The number of phenolic OH excluding ortho intramolecular Hbond substituents is 1. The van der Waals surface area contributed by atoms with Crippen molar-refractivity contribution in [3.63, 3.8) is 0 Å². The number of benzene rings is 1. The third-order valence-electron chi connectivity index (χ3n) is 3.71. The average molecular weight is 295 g/mol. The zero-order valence-electron chi connectivity index (χ0n) is 12.5. The van der Waals surface area contributed by atoms with Gasteiger partial charge in [-0.1, -0.05) is 0 Å². The number of carbonyl (C=O) groups is 1. The molecule has 116 valence electrons. The molecule has 0 saturated carbocycles. The van der Waals surface area contributed by atoms with E-state index in [0.29, 0.717) is 13.1 Å². The molecule has 0 radical (unpaired) electrons. The van der Waals surface area contributed by atoms with Gasteiger partial charge in [0.15, 0.2) is 0 Å². The Labute approximate surface area is 124 Å². The smallest absolute Gasteiger partial charge is 0.257 e. The molecule has 2 rings (SSSR count). The molecule has 1 amide bonds. The van der Waals surface area contributed by atoms with Crippen molar-refractivity contribution in [2.24, 2.45) is 0 Å². The van der Waals surface area contributed by atoms with E-state index in [4.69, 9.17) is 0 Å². The van der Waals surface area contributed by atoms with Gasteiger partial charge in [-0.25, -0.2) is 4.39 Å². The highest BCUT2D eigenvalue weighted by atomic mass is 19.1. The highest BCUT2D eigenvalue weighted by Gasteiger charge is 2.24. The lowest BCUT2D eigenvalue weighted by Crippen LogP contribution is -2.50. The minimum Gasteiger partial charge on any atom is -0.507 e. The van der Waals surface area contributed by atoms with Crippen molar-refractivity contribution >= 4 is 5.91 Å². The van der Waals surface area contributed by atoms with Crippen LogP contribution in [0.3, 0.4) is 0 Å². The minimum atomic E-state index is -0.513. The predicted octanol–water partition coefficient (Wildman–Crippen LogP) is 0.851. The Balaban J connectivity index is 1.92. The first-order chi connectivity index (χ1) is 9.97. The van der Waals surface area contributed by atoms with Crippen LogP contribution in [0.1, 0.15) is 10.4 Å². The highest BCUT2D eigenvalue weighted by molar-refractivity contribution is 5.96. The standard InChI is InChI=1S/C15H22FN3O2/c1-17(2)5-6-18-7-9-19(10-8-18)15(21)13-11-12(16)3-4-14(13)20/h3-4,11,20H,5-10H2,1-2H3. The summed E-state index contributed by atoms with van der Waals surface area (Å²) in [6.07, 6.45) is 0. The van der Waals surface area contributed by atoms with Gasteiger partial charge in [0.1, 0.15) is 11.6 Å². The van der Waals surface area contributed by atoms with E-state index in [1.807, 2.05) is 14.1 Å². The number of amides is 1. The second-order valence-corrected chi connectivity index (χ2v) is 5.60. The lowest BCUT2D eigenvalue weighted by molar-refractivity contribution is 0.0626. The number of aromatic hydroxyl groups is 1. The predicted molar refractivity (Wildman–Crippen MR) is 79.0 cm³/mol. The molecule has 0 unspecified atom stereocenters. The van der Waals surface area contributed by atoms with Crippen molar-refractivity contribution in [3.05, 3.63) is 29.6 Å². The summed E-state index contributed by atoms with van der Waals surface area (Å²) in [7, 11) is 4.07. The van der Waals surface area contributed by atoms with Crippen molar-refractivity contribution in [2.75, 3.05) is 53.4 Å². The summed E-state index contributed by atoms with van der Waals surface area (Å²) in [5.41, 5.74) is 0.0386. The van der Waals surface area contributed by atoms with Crippen molar-refractivity contribution in [1.29, 1.82) is 0 Å². The Bertz CT molecular complexity index is 500. The van der Waals surface area contributed by atoms with E-state index in [1.54, 1.807) is 4.90 Å². The van der Waals surface area contributed by atoms with E-state index >= 15 is 0 Å². The molecule has 1 fully saturated rings. The summed E-state index contributed by atoms with van der Waals surface area (Å²) >= 11 is 0. The SMILES string of the molecule is CN(C)CCN1CCN(C(=O)c2cc(F)ccc2O)CC1. The fourth-order valence-corrected chi connectivity index (χ4v) is 2.37. The van der Waals surface area contributed by atoms with Crippen LogP contribution in [-0.2, 0) is 0 Å². The van der Waals surface area contributed by atoms with E-state index in [2.05, 4.69) is 9.80 Å². The first-order valence-electron chi connectivity index (χ1n) is 7.12. The normalized spacial score (nSPS) is 16.5. The van der Waals surface area contributed by atoms with Crippen LogP contribution >= 0.6 is 0 Å². The van der Waals surface area contributed by atoms with Gasteiger partial charge in [-0.05, 0) is 32.3 Å². The van der Waals surface area contributed by atoms with Gasteiger partial charge in [0, 0.05) is 39.3 Å². The molecule has 0 aliphatic carbocycles. The molecule has 0 spiro atoms. The number of phenols is 1. The van der Waals surface area contributed by atoms with Crippen molar-refractivity contribution < 1.29 is 14.3 Å². The second-order valence-electron chi connectivity index (χ2n) is 5.60. The maximum absolute atomic E-state index is 13.2. The van der Waals surface area contributed by atoms with Gasteiger partial charge < -0.3 is 14.9 Å². The van der Waals surface area contributed by atoms with E-state index in [1.165, 1.54) is 6.07 Å². The van der Waals surface area contributed by atoms with Crippen LogP contribution in [-0.4, -0.2) is 79.1 Å². The first kappa shape index (κ1) is 15.7. The summed E-state index contributed by atoms with van der Waals surface area (Å²) in [5.74, 6) is -0.989. The number of nitrogens with zero attached hydrogens (tertiary/aromatic N) is 3. The summed E-state index contributed by atoms with van der Waals surface area (Å²) in [6.45, 7) is 4.76. The zero-order valence-corrected chi connectivity index (χ0v) is 12.5. The van der Waals surface area contributed by atoms with E-state index in [9.17, 15) is 14.3 Å². The molecule has 1 saturated heterocycles. The molecule has 0 atom stereocenters. The molecule has 1 aliphatic rings. The summed E-state index contributed by atoms with van der Waals surface area (Å²) in [6, 6.07) is 3.46. The molecule has 6 heteroatoms.